The molecular formula is C15H13ClO3. The van der Waals surface area contributed by atoms with Crippen LogP contribution < -0.4 is 4.74 Å². The number of hydrogen-bond donors (Lipinski definition) is 0. The van der Waals surface area contributed by atoms with Gasteiger partial charge < -0.3 is 9.47 Å². The third kappa shape index (κ3) is 3.73. The number of hydrogen-bond acceptors (Lipinski definition) is 3. The van der Waals surface area contributed by atoms with Crippen LogP contribution in [0.5, 0.6) is 5.75 Å². The fourth-order valence-corrected chi connectivity index (χ4v) is 1.69. The van der Waals surface area contributed by atoms with Crippen molar-refractivity contribution in [1.29, 1.82) is 0 Å². The van der Waals surface area contributed by atoms with E-state index in [-0.39, 0.29) is 12.6 Å². The van der Waals surface area contributed by atoms with Crippen LogP contribution in [0.1, 0.15) is 15.9 Å². The lowest BCUT2D eigenvalue weighted by molar-refractivity contribution is 0.0472. The van der Waals surface area contributed by atoms with Crippen molar-refractivity contribution >= 4 is 17.6 Å². The molecule has 2 rings (SSSR count). The van der Waals surface area contributed by atoms with Crippen LogP contribution in [-0.4, -0.2) is 13.1 Å². The van der Waals surface area contributed by atoms with Gasteiger partial charge in [-0.05, 0) is 35.9 Å². The fraction of sp³-hybridized carbons (Fsp3) is 0.133. The van der Waals surface area contributed by atoms with Gasteiger partial charge in [0.15, 0.2) is 0 Å². The molecule has 0 heterocycles. The number of carbonyl (C=O) groups is 1. The zero-order valence-electron chi connectivity index (χ0n) is 10.4. The summed E-state index contributed by atoms with van der Waals surface area (Å²) in [5.41, 5.74) is 1.36. The first kappa shape index (κ1) is 13.4. The van der Waals surface area contributed by atoms with Crippen molar-refractivity contribution in [3.8, 4) is 5.75 Å². The average Bonchev–Trinajstić information content (AvgIpc) is 2.46. The van der Waals surface area contributed by atoms with Gasteiger partial charge in [-0.2, -0.15) is 0 Å². The molecule has 0 N–H and O–H groups in total. The summed E-state index contributed by atoms with van der Waals surface area (Å²) >= 11 is 5.78. The maximum Gasteiger partial charge on any atom is 0.338 e. The molecule has 2 aromatic carbocycles. The molecule has 0 aliphatic heterocycles. The number of rotatable bonds is 4. The molecule has 0 bridgehead atoms. The van der Waals surface area contributed by atoms with Crippen LogP contribution in [-0.2, 0) is 11.3 Å². The van der Waals surface area contributed by atoms with Crippen LogP contribution in [0, 0.1) is 0 Å². The van der Waals surface area contributed by atoms with E-state index in [4.69, 9.17) is 21.1 Å². The molecule has 0 saturated carbocycles. The van der Waals surface area contributed by atoms with Gasteiger partial charge in [-0.1, -0.05) is 29.8 Å². The number of carbonyl (C=O) groups excluding carboxylic acids is 1. The fourth-order valence-electron chi connectivity index (χ4n) is 1.56. The quantitative estimate of drug-likeness (QED) is 0.799. The van der Waals surface area contributed by atoms with E-state index in [1.54, 1.807) is 43.5 Å². The number of benzene rings is 2. The lowest BCUT2D eigenvalue weighted by Crippen LogP contribution is -2.05. The molecule has 0 amide bonds. The van der Waals surface area contributed by atoms with Gasteiger partial charge in [-0.3, -0.25) is 0 Å². The van der Waals surface area contributed by atoms with Gasteiger partial charge in [0, 0.05) is 5.02 Å². The van der Waals surface area contributed by atoms with Gasteiger partial charge in [0.25, 0.3) is 0 Å². The smallest absolute Gasteiger partial charge is 0.338 e. The maximum atomic E-state index is 11.8. The Labute approximate surface area is 116 Å². The zero-order valence-corrected chi connectivity index (χ0v) is 11.2. The SMILES string of the molecule is COc1cccc(C(=O)OCc2ccc(Cl)cc2)c1. The monoisotopic (exact) mass is 276 g/mol. The van der Waals surface area contributed by atoms with Crippen LogP contribution >= 0.6 is 11.6 Å². The molecule has 0 fully saturated rings. The van der Waals surface area contributed by atoms with Gasteiger partial charge in [-0.25, -0.2) is 4.79 Å². The first-order chi connectivity index (χ1) is 9.19. The van der Waals surface area contributed by atoms with E-state index < -0.39 is 0 Å². The average molecular weight is 277 g/mol. The summed E-state index contributed by atoms with van der Waals surface area (Å²) in [6, 6.07) is 14.0. The Kier molecular flexibility index (Phi) is 4.42. The summed E-state index contributed by atoms with van der Waals surface area (Å²) in [5, 5.41) is 0.655. The highest BCUT2D eigenvalue weighted by Crippen LogP contribution is 2.15. The van der Waals surface area contributed by atoms with Crippen molar-refractivity contribution in [3.05, 3.63) is 64.7 Å². The van der Waals surface area contributed by atoms with Crippen LogP contribution in [0.2, 0.25) is 5.02 Å². The molecule has 0 aliphatic carbocycles. The highest BCUT2D eigenvalue weighted by molar-refractivity contribution is 6.30. The number of esters is 1. The molecule has 0 saturated heterocycles. The molecule has 4 heteroatoms. The van der Waals surface area contributed by atoms with Gasteiger partial charge in [0.05, 0.1) is 12.7 Å². The van der Waals surface area contributed by atoms with Gasteiger partial charge in [-0.15, -0.1) is 0 Å². The van der Waals surface area contributed by atoms with E-state index in [9.17, 15) is 4.79 Å². The van der Waals surface area contributed by atoms with E-state index >= 15 is 0 Å². The lowest BCUT2D eigenvalue weighted by atomic mass is 10.2. The van der Waals surface area contributed by atoms with Gasteiger partial charge in [0.1, 0.15) is 12.4 Å². The molecule has 2 aromatic rings. The predicted molar refractivity (Wildman–Crippen MR) is 73.6 cm³/mol. The molecular weight excluding hydrogens is 264 g/mol. The molecule has 0 unspecified atom stereocenters. The second-order valence-corrected chi connectivity index (χ2v) is 4.37. The summed E-state index contributed by atoms with van der Waals surface area (Å²) in [6.45, 7) is 0.215. The Morgan fingerprint density at radius 3 is 2.58 bits per heavy atom. The minimum atomic E-state index is -0.381. The normalized spacial score (nSPS) is 10.0. The van der Waals surface area contributed by atoms with Crippen molar-refractivity contribution in [2.45, 2.75) is 6.61 Å². The molecule has 0 aliphatic rings. The standard InChI is InChI=1S/C15H13ClO3/c1-18-14-4-2-3-12(9-14)15(17)19-10-11-5-7-13(16)8-6-11/h2-9H,10H2,1H3. The highest BCUT2D eigenvalue weighted by atomic mass is 35.5. The lowest BCUT2D eigenvalue weighted by Gasteiger charge is -2.06. The van der Waals surface area contributed by atoms with E-state index in [1.807, 2.05) is 12.1 Å². The largest absolute Gasteiger partial charge is 0.497 e. The molecule has 0 spiro atoms. The summed E-state index contributed by atoms with van der Waals surface area (Å²) in [5.74, 6) is 0.245. The van der Waals surface area contributed by atoms with Crippen molar-refractivity contribution in [3.63, 3.8) is 0 Å². The van der Waals surface area contributed by atoms with Gasteiger partial charge >= 0.3 is 5.97 Å². The highest BCUT2D eigenvalue weighted by Gasteiger charge is 2.08. The van der Waals surface area contributed by atoms with Crippen LogP contribution in [0.25, 0.3) is 0 Å². The summed E-state index contributed by atoms with van der Waals surface area (Å²) in [4.78, 5) is 11.8. The van der Waals surface area contributed by atoms with Crippen LogP contribution in [0.3, 0.4) is 0 Å². The Bertz CT molecular complexity index is 564. The second-order valence-electron chi connectivity index (χ2n) is 3.93. The summed E-state index contributed by atoms with van der Waals surface area (Å²) < 4.78 is 10.3. The molecule has 0 atom stereocenters. The molecule has 19 heavy (non-hydrogen) atoms. The summed E-state index contributed by atoms with van der Waals surface area (Å²) in [6.07, 6.45) is 0. The Morgan fingerprint density at radius 1 is 1.16 bits per heavy atom. The Hall–Kier alpha value is -2.00. The first-order valence-electron chi connectivity index (χ1n) is 5.74. The van der Waals surface area contributed by atoms with E-state index in [0.717, 1.165) is 5.56 Å². The number of halogens is 1. The van der Waals surface area contributed by atoms with Crippen molar-refractivity contribution in [2.75, 3.05) is 7.11 Å². The number of ether oxygens (including phenoxy) is 2. The summed E-state index contributed by atoms with van der Waals surface area (Å²) in [7, 11) is 1.55. The number of methoxy groups -OCH3 is 1. The van der Waals surface area contributed by atoms with Gasteiger partial charge in [0.2, 0.25) is 0 Å². The van der Waals surface area contributed by atoms with E-state index in [2.05, 4.69) is 0 Å². The van der Waals surface area contributed by atoms with E-state index in [0.29, 0.717) is 16.3 Å². The first-order valence-corrected chi connectivity index (χ1v) is 6.12. The molecule has 0 aromatic heterocycles. The van der Waals surface area contributed by atoms with Crippen molar-refractivity contribution in [1.82, 2.24) is 0 Å². The maximum absolute atomic E-state index is 11.8. The minimum Gasteiger partial charge on any atom is -0.497 e. The third-order valence-corrected chi connectivity index (χ3v) is 2.84. The van der Waals surface area contributed by atoms with Crippen LogP contribution in [0.4, 0.5) is 0 Å². The van der Waals surface area contributed by atoms with E-state index in [1.165, 1.54) is 0 Å². The zero-order chi connectivity index (χ0) is 13.7. The predicted octanol–water partition coefficient (Wildman–Crippen LogP) is 3.71. The molecule has 0 radical (unpaired) electrons. The Morgan fingerprint density at radius 2 is 1.89 bits per heavy atom. The van der Waals surface area contributed by atoms with Crippen molar-refractivity contribution in [2.24, 2.45) is 0 Å². The minimum absolute atomic E-state index is 0.215. The molecule has 3 nitrogen and oxygen atoms in total. The van der Waals surface area contributed by atoms with Crippen LogP contribution in [0.15, 0.2) is 48.5 Å². The third-order valence-electron chi connectivity index (χ3n) is 2.59. The Balaban J connectivity index is 1.99. The topological polar surface area (TPSA) is 35.5 Å². The second kappa shape index (κ2) is 6.25. The van der Waals surface area contributed by atoms with Crippen molar-refractivity contribution < 1.29 is 14.3 Å². The molecule has 98 valence electrons.